The molecule has 1 fully saturated rings. The van der Waals surface area contributed by atoms with Gasteiger partial charge in [0.05, 0.1) is 6.61 Å². The van der Waals surface area contributed by atoms with Gasteiger partial charge in [-0.15, -0.1) is 0 Å². The topological polar surface area (TPSA) is 91.4 Å². The van der Waals surface area contributed by atoms with Crippen LogP contribution in [0.3, 0.4) is 0 Å². The van der Waals surface area contributed by atoms with E-state index >= 15 is 0 Å². The van der Waals surface area contributed by atoms with E-state index in [9.17, 15) is 13.2 Å². The SMILES string of the molecule is CCOC(=O)c1cc(S(N)(=O)=O)cn1C1CCCC1. The summed E-state index contributed by atoms with van der Waals surface area (Å²) in [5.74, 6) is -0.510. The van der Waals surface area contributed by atoms with Gasteiger partial charge >= 0.3 is 5.97 Å². The van der Waals surface area contributed by atoms with Gasteiger partial charge in [0.15, 0.2) is 0 Å². The molecule has 0 aromatic carbocycles. The third-order valence-electron chi connectivity index (χ3n) is 3.35. The Kier molecular flexibility index (Phi) is 3.96. The monoisotopic (exact) mass is 286 g/mol. The number of nitrogens with two attached hydrogens (primary N) is 1. The van der Waals surface area contributed by atoms with Crippen molar-refractivity contribution in [1.82, 2.24) is 4.57 Å². The third-order valence-corrected chi connectivity index (χ3v) is 4.23. The average Bonchev–Trinajstić information content (AvgIpc) is 2.97. The van der Waals surface area contributed by atoms with E-state index in [2.05, 4.69) is 0 Å². The second-order valence-electron chi connectivity index (χ2n) is 4.67. The minimum absolute atomic E-state index is 0.0394. The molecule has 0 radical (unpaired) electrons. The standard InChI is InChI=1S/C12H18N2O4S/c1-2-18-12(15)11-7-10(19(13,16)17)8-14(11)9-5-3-4-6-9/h7-9H,2-6H2,1H3,(H2,13,16,17). The Balaban J connectivity index is 2.43. The largest absolute Gasteiger partial charge is 0.461 e. The lowest BCUT2D eigenvalue weighted by molar-refractivity contribution is 0.0511. The van der Waals surface area contributed by atoms with Gasteiger partial charge in [0.25, 0.3) is 0 Å². The van der Waals surface area contributed by atoms with Crippen molar-refractivity contribution >= 4 is 16.0 Å². The van der Waals surface area contributed by atoms with Crippen molar-refractivity contribution in [3.05, 3.63) is 18.0 Å². The minimum atomic E-state index is -3.81. The maximum Gasteiger partial charge on any atom is 0.354 e. The average molecular weight is 286 g/mol. The Morgan fingerprint density at radius 1 is 1.47 bits per heavy atom. The molecule has 2 N–H and O–H groups in total. The van der Waals surface area contributed by atoms with Gasteiger partial charge < -0.3 is 9.30 Å². The molecule has 1 aromatic heterocycles. The number of hydrogen-bond acceptors (Lipinski definition) is 4. The van der Waals surface area contributed by atoms with Crippen LogP contribution in [0, 0.1) is 0 Å². The predicted molar refractivity (Wildman–Crippen MR) is 69.3 cm³/mol. The smallest absolute Gasteiger partial charge is 0.354 e. The van der Waals surface area contributed by atoms with E-state index in [4.69, 9.17) is 9.88 Å². The molecule has 0 atom stereocenters. The Hall–Kier alpha value is -1.34. The number of ether oxygens (including phenoxy) is 1. The summed E-state index contributed by atoms with van der Waals surface area (Å²) in [6, 6.07) is 1.45. The summed E-state index contributed by atoms with van der Waals surface area (Å²) in [7, 11) is -3.81. The number of hydrogen-bond donors (Lipinski definition) is 1. The summed E-state index contributed by atoms with van der Waals surface area (Å²) >= 11 is 0. The molecule has 1 aromatic rings. The van der Waals surface area contributed by atoms with Crippen molar-refractivity contribution in [3.63, 3.8) is 0 Å². The van der Waals surface area contributed by atoms with E-state index in [1.54, 1.807) is 11.5 Å². The van der Waals surface area contributed by atoms with E-state index in [-0.39, 0.29) is 23.2 Å². The quantitative estimate of drug-likeness (QED) is 0.847. The van der Waals surface area contributed by atoms with Gasteiger partial charge in [0, 0.05) is 12.2 Å². The minimum Gasteiger partial charge on any atom is -0.461 e. The molecule has 0 amide bonds. The molecule has 6 nitrogen and oxygen atoms in total. The molecule has 106 valence electrons. The molecule has 0 unspecified atom stereocenters. The van der Waals surface area contributed by atoms with E-state index in [0.29, 0.717) is 0 Å². The summed E-state index contributed by atoms with van der Waals surface area (Å²) in [5.41, 5.74) is 0.262. The molecule has 19 heavy (non-hydrogen) atoms. The fourth-order valence-electron chi connectivity index (χ4n) is 2.46. The van der Waals surface area contributed by atoms with Gasteiger partial charge in [0.2, 0.25) is 10.0 Å². The van der Waals surface area contributed by atoms with E-state index in [1.165, 1.54) is 12.3 Å². The zero-order valence-corrected chi connectivity index (χ0v) is 11.6. The van der Waals surface area contributed by atoms with E-state index in [1.807, 2.05) is 0 Å². The Labute approximate surface area is 112 Å². The van der Waals surface area contributed by atoms with Crippen molar-refractivity contribution in [3.8, 4) is 0 Å². The molecule has 0 saturated heterocycles. The number of sulfonamides is 1. The molecule has 0 aliphatic heterocycles. The van der Waals surface area contributed by atoms with Crippen LogP contribution in [0.1, 0.15) is 49.1 Å². The van der Waals surface area contributed by atoms with Gasteiger partial charge in [-0.2, -0.15) is 0 Å². The zero-order valence-electron chi connectivity index (χ0n) is 10.8. The van der Waals surface area contributed by atoms with Crippen molar-refractivity contribution in [2.45, 2.75) is 43.5 Å². The highest BCUT2D eigenvalue weighted by Crippen LogP contribution is 2.32. The zero-order chi connectivity index (χ0) is 14.0. The van der Waals surface area contributed by atoms with Gasteiger partial charge in [-0.05, 0) is 25.8 Å². The van der Waals surface area contributed by atoms with Gasteiger partial charge in [0.1, 0.15) is 10.6 Å². The maximum atomic E-state index is 11.9. The number of aromatic nitrogens is 1. The van der Waals surface area contributed by atoms with Crippen molar-refractivity contribution in [1.29, 1.82) is 0 Å². The molecule has 7 heteroatoms. The highest BCUT2D eigenvalue weighted by molar-refractivity contribution is 7.89. The highest BCUT2D eigenvalue weighted by Gasteiger charge is 2.26. The van der Waals surface area contributed by atoms with Gasteiger partial charge in [-0.25, -0.2) is 18.4 Å². The van der Waals surface area contributed by atoms with Crippen LogP contribution in [0.2, 0.25) is 0 Å². The van der Waals surface area contributed by atoms with Crippen LogP contribution >= 0.6 is 0 Å². The van der Waals surface area contributed by atoms with Crippen LogP contribution in [0.15, 0.2) is 17.2 Å². The van der Waals surface area contributed by atoms with E-state index < -0.39 is 16.0 Å². The first-order valence-electron chi connectivity index (χ1n) is 6.35. The normalized spacial score (nSPS) is 16.7. The lowest BCUT2D eigenvalue weighted by Crippen LogP contribution is -2.14. The highest BCUT2D eigenvalue weighted by atomic mass is 32.2. The number of carbonyl (C=O) groups excluding carboxylic acids is 1. The van der Waals surface area contributed by atoms with Gasteiger partial charge in [-0.3, -0.25) is 0 Å². The first kappa shape index (κ1) is 14.1. The van der Waals surface area contributed by atoms with Crippen molar-refractivity contribution in [2.75, 3.05) is 6.61 Å². The van der Waals surface area contributed by atoms with Crippen LogP contribution in [0.25, 0.3) is 0 Å². The molecule has 2 rings (SSSR count). The van der Waals surface area contributed by atoms with Crippen LogP contribution in [-0.4, -0.2) is 25.6 Å². The van der Waals surface area contributed by atoms with Crippen LogP contribution in [0.5, 0.6) is 0 Å². The van der Waals surface area contributed by atoms with Crippen LogP contribution < -0.4 is 5.14 Å². The number of rotatable bonds is 4. The first-order valence-corrected chi connectivity index (χ1v) is 7.90. The summed E-state index contributed by atoms with van der Waals surface area (Å²) in [4.78, 5) is 11.8. The lowest BCUT2D eigenvalue weighted by atomic mass is 10.2. The Morgan fingerprint density at radius 2 is 2.11 bits per heavy atom. The van der Waals surface area contributed by atoms with Crippen molar-refractivity contribution < 1.29 is 17.9 Å². The van der Waals surface area contributed by atoms with Gasteiger partial charge in [-0.1, -0.05) is 12.8 Å². The molecular formula is C12H18N2O4S. The Morgan fingerprint density at radius 3 is 2.63 bits per heavy atom. The molecule has 0 bridgehead atoms. The number of carbonyl (C=O) groups is 1. The molecular weight excluding hydrogens is 268 g/mol. The second-order valence-corrected chi connectivity index (χ2v) is 6.23. The summed E-state index contributed by atoms with van der Waals surface area (Å²) in [6.45, 7) is 1.96. The number of esters is 1. The number of primary sulfonamides is 1. The maximum absolute atomic E-state index is 11.9. The predicted octanol–water partition coefficient (Wildman–Crippen LogP) is 1.43. The number of nitrogens with zero attached hydrogens (tertiary/aromatic N) is 1. The van der Waals surface area contributed by atoms with Crippen molar-refractivity contribution in [2.24, 2.45) is 5.14 Å². The molecule has 1 aliphatic rings. The van der Waals surface area contributed by atoms with Crippen LogP contribution in [-0.2, 0) is 14.8 Å². The molecule has 1 aliphatic carbocycles. The second kappa shape index (κ2) is 5.34. The summed E-state index contributed by atoms with van der Waals surface area (Å²) in [5, 5.41) is 5.12. The molecule has 1 heterocycles. The Bertz CT molecular complexity index is 571. The summed E-state index contributed by atoms with van der Waals surface area (Å²) < 4.78 is 29.5. The van der Waals surface area contributed by atoms with Crippen LogP contribution in [0.4, 0.5) is 0 Å². The first-order chi connectivity index (χ1) is 8.93. The molecule has 1 saturated carbocycles. The fourth-order valence-corrected chi connectivity index (χ4v) is 3.00. The summed E-state index contributed by atoms with van der Waals surface area (Å²) in [6.07, 6.45) is 5.47. The molecule has 0 spiro atoms. The fraction of sp³-hybridized carbons (Fsp3) is 0.583. The van der Waals surface area contributed by atoms with E-state index in [0.717, 1.165) is 25.7 Å². The third kappa shape index (κ3) is 2.98. The lowest BCUT2D eigenvalue weighted by Gasteiger charge is -2.14.